The number of carbonyl (C=O) groups excluding carboxylic acids is 1. The molecule has 4 aromatic rings. The van der Waals surface area contributed by atoms with Crippen molar-refractivity contribution >= 4 is 23.2 Å². The van der Waals surface area contributed by atoms with Gasteiger partial charge in [0.15, 0.2) is 0 Å². The van der Waals surface area contributed by atoms with Crippen LogP contribution >= 0.6 is 0 Å². The molecular formula is C29H26F2N4O4. The van der Waals surface area contributed by atoms with E-state index in [1.807, 2.05) is 19.9 Å². The molecule has 3 heterocycles. The first-order valence-electron chi connectivity index (χ1n) is 12.3. The fourth-order valence-electron chi connectivity index (χ4n) is 4.81. The number of carboxylic acid groups (broad SMARTS) is 1. The summed E-state index contributed by atoms with van der Waals surface area (Å²) in [5.74, 6) is -4.38. The summed E-state index contributed by atoms with van der Waals surface area (Å²) in [6.45, 7) is 4.20. The maximum Gasteiger partial charge on any atom is 0.337 e. The van der Waals surface area contributed by atoms with Gasteiger partial charge in [0, 0.05) is 34.1 Å². The first kappa shape index (κ1) is 26.0. The van der Waals surface area contributed by atoms with E-state index in [1.165, 1.54) is 10.5 Å². The van der Waals surface area contributed by atoms with Crippen molar-refractivity contribution in [2.75, 3.05) is 18.4 Å². The van der Waals surface area contributed by atoms with Crippen LogP contribution in [-0.4, -0.2) is 50.3 Å². The molecule has 1 amide bonds. The highest BCUT2D eigenvalue weighted by molar-refractivity contribution is 5.95. The quantitative estimate of drug-likeness (QED) is 0.365. The molecule has 1 aliphatic rings. The first-order chi connectivity index (χ1) is 18.4. The van der Waals surface area contributed by atoms with Crippen molar-refractivity contribution in [3.05, 3.63) is 99.0 Å². The number of rotatable bonds is 6. The second-order valence-electron chi connectivity index (χ2n) is 9.87. The number of hydrogen-bond acceptors (Lipinski definition) is 5. The number of benzene rings is 2. The molecule has 1 fully saturated rings. The highest BCUT2D eigenvalue weighted by atomic mass is 19.3. The maximum absolute atomic E-state index is 13.4. The Labute approximate surface area is 222 Å². The van der Waals surface area contributed by atoms with Crippen LogP contribution in [0.4, 0.5) is 14.5 Å². The number of aromatic nitrogens is 2. The maximum atomic E-state index is 13.4. The van der Waals surface area contributed by atoms with Gasteiger partial charge in [-0.15, -0.1) is 0 Å². The van der Waals surface area contributed by atoms with E-state index in [0.29, 0.717) is 33.7 Å². The monoisotopic (exact) mass is 532 g/mol. The molecule has 8 nitrogen and oxygen atoms in total. The Morgan fingerprint density at radius 1 is 1.08 bits per heavy atom. The summed E-state index contributed by atoms with van der Waals surface area (Å²) in [4.78, 5) is 43.5. The van der Waals surface area contributed by atoms with Gasteiger partial charge in [0.05, 0.1) is 30.4 Å². The lowest BCUT2D eigenvalue weighted by molar-refractivity contribution is -0.113. The van der Waals surface area contributed by atoms with Crippen LogP contribution < -0.4 is 10.9 Å². The molecule has 2 N–H and O–H groups in total. The highest BCUT2D eigenvalue weighted by Crippen LogP contribution is 2.30. The minimum absolute atomic E-state index is 0.125. The van der Waals surface area contributed by atoms with Gasteiger partial charge in [-0.3, -0.25) is 14.0 Å². The van der Waals surface area contributed by atoms with Crippen molar-refractivity contribution in [2.45, 2.75) is 32.7 Å². The zero-order valence-corrected chi connectivity index (χ0v) is 21.5. The molecule has 0 spiro atoms. The van der Waals surface area contributed by atoms with Gasteiger partial charge in [-0.1, -0.05) is 24.3 Å². The topological polar surface area (TPSA) is 104 Å². The van der Waals surface area contributed by atoms with Gasteiger partial charge in [0.2, 0.25) is 0 Å². The lowest BCUT2D eigenvalue weighted by Crippen LogP contribution is -2.58. The Hall–Kier alpha value is -4.60. The second-order valence-corrected chi connectivity index (χ2v) is 9.87. The number of anilines is 1. The number of fused-ring (bicyclic) bond motifs is 1. The summed E-state index contributed by atoms with van der Waals surface area (Å²) in [5, 5.41) is 12.8. The van der Waals surface area contributed by atoms with E-state index in [0.717, 1.165) is 10.5 Å². The van der Waals surface area contributed by atoms with Crippen LogP contribution in [0.1, 0.15) is 50.4 Å². The van der Waals surface area contributed by atoms with Crippen LogP contribution in [0.15, 0.2) is 65.6 Å². The normalized spacial score (nSPS) is 15.1. The smallest absolute Gasteiger partial charge is 0.337 e. The number of aryl methyl sites for hydroxylation is 1. The number of carboxylic acids is 1. The number of carbonyl (C=O) groups is 2. The highest BCUT2D eigenvalue weighted by Gasteiger charge is 2.46. The molecule has 2 aromatic heterocycles. The number of para-hydroxylation sites is 1. The largest absolute Gasteiger partial charge is 0.478 e. The fourth-order valence-corrected chi connectivity index (χ4v) is 4.81. The van der Waals surface area contributed by atoms with E-state index >= 15 is 0 Å². The van der Waals surface area contributed by atoms with E-state index in [1.54, 1.807) is 55.6 Å². The van der Waals surface area contributed by atoms with Gasteiger partial charge >= 0.3 is 5.97 Å². The molecule has 0 bridgehead atoms. The number of hydrogen-bond donors (Lipinski definition) is 2. The molecular weight excluding hydrogens is 506 g/mol. The number of likely N-dealkylation sites (tertiary alicyclic amines) is 1. The van der Waals surface area contributed by atoms with Crippen LogP contribution in [0.3, 0.4) is 0 Å². The molecule has 0 radical (unpaired) electrons. The molecule has 2 aromatic carbocycles. The van der Waals surface area contributed by atoms with Gasteiger partial charge in [0.1, 0.15) is 5.65 Å². The van der Waals surface area contributed by atoms with Crippen molar-refractivity contribution in [1.29, 1.82) is 0 Å². The summed E-state index contributed by atoms with van der Waals surface area (Å²) >= 11 is 0. The molecule has 5 rings (SSSR count). The van der Waals surface area contributed by atoms with Crippen molar-refractivity contribution < 1.29 is 23.5 Å². The predicted octanol–water partition coefficient (Wildman–Crippen LogP) is 4.94. The Morgan fingerprint density at radius 2 is 1.74 bits per heavy atom. The van der Waals surface area contributed by atoms with Crippen LogP contribution in [0.2, 0.25) is 0 Å². The summed E-state index contributed by atoms with van der Waals surface area (Å²) < 4.78 is 27.9. The van der Waals surface area contributed by atoms with E-state index in [2.05, 4.69) is 5.32 Å². The number of nitrogens with one attached hydrogen (secondary N) is 1. The average molecular weight is 533 g/mol. The number of pyridine rings is 1. The SMILES string of the molecule is Cc1cc([C@@H](C)Nc2ccccc2C(=O)O)c2nc(-c3ccc(C(=O)N4CC(F)(F)C4)cc3)c(C)c(=O)n2c1. The minimum Gasteiger partial charge on any atom is -0.478 e. The molecule has 39 heavy (non-hydrogen) atoms. The number of aromatic carboxylic acids is 1. The molecule has 0 saturated carbocycles. The average Bonchev–Trinajstić information content (AvgIpc) is 2.89. The lowest BCUT2D eigenvalue weighted by Gasteiger charge is -2.38. The Balaban J connectivity index is 1.53. The van der Waals surface area contributed by atoms with Crippen molar-refractivity contribution in [3.63, 3.8) is 0 Å². The Morgan fingerprint density at radius 3 is 2.38 bits per heavy atom. The fraction of sp³-hybridized carbons (Fsp3) is 0.241. The number of nitrogens with zero attached hydrogens (tertiary/aromatic N) is 3. The van der Waals surface area contributed by atoms with Crippen molar-refractivity contribution in [3.8, 4) is 11.3 Å². The molecule has 10 heteroatoms. The van der Waals surface area contributed by atoms with Crippen LogP contribution in [0, 0.1) is 13.8 Å². The van der Waals surface area contributed by atoms with Gasteiger partial charge in [-0.25, -0.2) is 18.6 Å². The molecule has 1 aliphatic heterocycles. The number of amides is 1. The summed E-state index contributed by atoms with van der Waals surface area (Å²) in [6, 6.07) is 14.4. The molecule has 0 unspecified atom stereocenters. The third-order valence-electron chi connectivity index (χ3n) is 6.85. The van der Waals surface area contributed by atoms with Crippen LogP contribution in [0.25, 0.3) is 16.9 Å². The van der Waals surface area contributed by atoms with E-state index in [4.69, 9.17) is 4.98 Å². The lowest BCUT2D eigenvalue weighted by atomic mass is 10.0. The van der Waals surface area contributed by atoms with Crippen LogP contribution in [0.5, 0.6) is 0 Å². The Kier molecular flexibility index (Phi) is 6.41. The van der Waals surface area contributed by atoms with E-state index in [9.17, 15) is 28.3 Å². The van der Waals surface area contributed by atoms with Gasteiger partial charge < -0.3 is 15.3 Å². The third-order valence-corrected chi connectivity index (χ3v) is 6.85. The number of alkyl halides is 2. The standard InChI is InChI=1S/C29H26F2N4O4/c1-16-12-22(18(3)32-23-7-5-4-6-21(23)28(38)39)25-33-24(17(2)26(36)35(25)13-16)19-8-10-20(11-9-19)27(37)34-14-29(30,31)15-34/h4-13,18,32H,14-15H2,1-3H3,(H,38,39)/t18-/m1/s1. The molecule has 1 saturated heterocycles. The van der Waals surface area contributed by atoms with E-state index in [-0.39, 0.29) is 16.7 Å². The van der Waals surface area contributed by atoms with E-state index < -0.39 is 36.9 Å². The van der Waals surface area contributed by atoms with Crippen LogP contribution in [-0.2, 0) is 0 Å². The zero-order valence-electron chi connectivity index (χ0n) is 21.5. The van der Waals surface area contributed by atoms with Gasteiger partial charge in [-0.2, -0.15) is 0 Å². The van der Waals surface area contributed by atoms with Gasteiger partial charge in [-0.05, 0) is 56.7 Å². The number of halogens is 2. The summed E-state index contributed by atoms with van der Waals surface area (Å²) in [6.07, 6.45) is 1.70. The van der Waals surface area contributed by atoms with Crippen molar-refractivity contribution in [2.24, 2.45) is 0 Å². The summed E-state index contributed by atoms with van der Waals surface area (Å²) in [5.41, 5.74) is 3.93. The zero-order chi connectivity index (χ0) is 28.1. The predicted molar refractivity (Wildman–Crippen MR) is 143 cm³/mol. The first-order valence-corrected chi connectivity index (χ1v) is 12.3. The summed E-state index contributed by atoms with van der Waals surface area (Å²) in [7, 11) is 0. The second kappa shape index (κ2) is 9.61. The van der Waals surface area contributed by atoms with Gasteiger partial charge in [0.25, 0.3) is 17.4 Å². The molecule has 0 aliphatic carbocycles. The minimum atomic E-state index is -2.85. The molecule has 1 atom stereocenters. The van der Waals surface area contributed by atoms with Crippen molar-refractivity contribution in [1.82, 2.24) is 14.3 Å². The Bertz CT molecular complexity index is 1670. The third kappa shape index (κ3) is 4.85. The molecule has 200 valence electrons.